The van der Waals surface area contributed by atoms with Crippen LogP contribution in [-0.4, -0.2) is 29.1 Å². The van der Waals surface area contributed by atoms with Crippen molar-refractivity contribution in [3.8, 4) is 11.1 Å². The zero-order valence-corrected chi connectivity index (χ0v) is 13.9. The van der Waals surface area contributed by atoms with Crippen molar-refractivity contribution in [1.82, 2.24) is 4.90 Å². The van der Waals surface area contributed by atoms with Gasteiger partial charge in [0.1, 0.15) is 0 Å². The molecular formula is C19H20ClNO2. The lowest BCUT2D eigenvalue weighted by atomic mass is 9.90. The van der Waals surface area contributed by atoms with Crippen LogP contribution >= 0.6 is 11.6 Å². The Morgan fingerprint density at radius 1 is 1.13 bits per heavy atom. The van der Waals surface area contributed by atoms with Gasteiger partial charge in [-0.05, 0) is 48.7 Å². The van der Waals surface area contributed by atoms with Crippen LogP contribution in [0.2, 0.25) is 5.02 Å². The summed E-state index contributed by atoms with van der Waals surface area (Å²) in [5, 5.41) is 10.0. The van der Waals surface area contributed by atoms with E-state index in [9.17, 15) is 9.90 Å². The molecule has 3 rings (SSSR count). The predicted octanol–water partition coefficient (Wildman–Crippen LogP) is 4.30. The molecule has 2 aromatic carbocycles. The van der Waals surface area contributed by atoms with E-state index in [0.717, 1.165) is 29.2 Å². The summed E-state index contributed by atoms with van der Waals surface area (Å²) in [4.78, 5) is 13.5. The molecule has 1 atom stereocenters. The topological polar surface area (TPSA) is 40.5 Å². The molecule has 0 amide bonds. The van der Waals surface area contributed by atoms with Crippen molar-refractivity contribution in [2.75, 3.05) is 13.1 Å². The summed E-state index contributed by atoms with van der Waals surface area (Å²) in [7, 11) is 0. The zero-order chi connectivity index (χ0) is 16.4. The van der Waals surface area contributed by atoms with Crippen LogP contribution in [0.5, 0.6) is 0 Å². The van der Waals surface area contributed by atoms with E-state index in [0.29, 0.717) is 13.0 Å². The zero-order valence-electron chi connectivity index (χ0n) is 13.1. The van der Waals surface area contributed by atoms with Gasteiger partial charge in [-0.1, -0.05) is 48.0 Å². The summed E-state index contributed by atoms with van der Waals surface area (Å²) in [6.07, 6.45) is 0.713. The van der Waals surface area contributed by atoms with Gasteiger partial charge in [-0.25, -0.2) is 0 Å². The van der Waals surface area contributed by atoms with Gasteiger partial charge in [0.25, 0.3) is 0 Å². The third-order valence-electron chi connectivity index (χ3n) is 4.61. The molecular weight excluding hydrogens is 310 g/mol. The third kappa shape index (κ3) is 3.57. The number of benzene rings is 2. The van der Waals surface area contributed by atoms with Crippen LogP contribution in [0.15, 0.2) is 48.5 Å². The van der Waals surface area contributed by atoms with E-state index in [1.807, 2.05) is 31.2 Å². The number of hydrogen-bond acceptors (Lipinski definition) is 2. The molecule has 23 heavy (non-hydrogen) atoms. The van der Waals surface area contributed by atoms with Crippen LogP contribution in [0.4, 0.5) is 0 Å². The molecule has 120 valence electrons. The second kappa shape index (κ2) is 6.34. The standard InChI is InChI=1S/C19H20ClNO2/c1-19(18(22)23)10-11-21(13-19)12-14-2-4-15(5-3-14)16-6-8-17(20)9-7-16/h2-9H,10-13H2,1H3,(H,22,23). The minimum Gasteiger partial charge on any atom is -0.481 e. The van der Waals surface area contributed by atoms with Gasteiger partial charge < -0.3 is 5.11 Å². The molecule has 1 fully saturated rings. The summed E-state index contributed by atoms with van der Waals surface area (Å²) in [5.74, 6) is -0.696. The number of likely N-dealkylation sites (tertiary alicyclic amines) is 1. The molecule has 0 radical (unpaired) electrons. The summed E-state index contributed by atoms with van der Waals surface area (Å²) in [6.45, 7) is 4.08. The van der Waals surface area contributed by atoms with Gasteiger partial charge in [-0.2, -0.15) is 0 Å². The van der Waals surface area contributed by atoms with E-state index in [2.05, 4.69) is 29.2 Å². The Labute approximate surface area is 141 Å². The maximum absolute atomic E-state index is 11.3. The summed E-state index contributed by atoms with van der Waals surface area (Å²) >= 11 is 5.92. The number of hydrogen-bond donors (Lipinski definition) is 1. The first-order valence-electron chi connectivity index (χ1n) is 7.77. The molecule has 0 aliphatic carbocycles. The van der Waals surface area contributed by atoms with E-state index in [1.165, 1.54) is 5.56 Å². The number of nitrogens with zero attached hydrogens (tertiary/aromatic N) is 1. The molecule has 0 bridgehead atoms. The largest absolute Gasteiger partial charge is 0.481 e. The SMILES string of the molecule is CC1(C(=O)O)CCN(Cc2ccc(-c3ccc(Cl)cc3)cc2)C1. The van der Waals surface area contributed by atoms with Gasteiger partial charge >= 0.3 is 5.97 Å². The van der Waals surface area contributed by atoms with Gasteiger partial charge in [0.15, 0.2) is 0 Å². The van der Waals surface area contributed by atoms with E-state index in [-0.39, 0.29) is 0 Å². The van der Waals surface area contributed by atoms with Crippen molar-refractivity contribution in [2.24, 2.45) is 5.41 Å². The highest BCUT2D eigenvalue weighted by molar-refractivity contribution is 6.30. The second-order valence-electron chi connectivity index (χ2n) is 6.53. The van der Waals surface area contributed by atoms with Gasteiger partial charge in [-0.3, -0.25) is 9.69 Å². The third-order valence-corrected chi connectivity index (χ3v) is 4.86. The van der Waals surface area contributed by atoms with Gasteiger partial charge in [0.2, 0.25) is 0 Å². The second-order valence-corrected chi connectivity index (χ2v) is 6.97. The Kier molecular flexibility index (Phi) is 4.42. The molecule has 1 saturated heterocycles. The fourth-order valence-corrected chi connectivity index (χ4v) is 3.20. The molecule has 1 heterocycles. The number of carbonyl (C=O) groups is 1. The van der Waals surface area contributed by atoms with Crippen LogP contribution in [0.3, 0.4) is 0 Å². The lowest BCUT2D eigenvalue weighted by molar-refractivity contribution is -0.147. The van der Waals surface area contributed by atoms with E-state index in [1.54, 1.807) is 0 Å². The smallest absolute Gasteiger partial charge is 0.310 e. The molecule has 1 aliphatic rings. The fraction of sp³-hybridized carbons (Fsp3) is 0.316. The van der Waals surface area contributed by atoms with Crippen LogP contribution < -0.4 is 0 Å². The van der Waals surface area contributed by atoms with Crippen LogP contribution in [0.25, 0.3) is 11.1 Å². The molecule has 4 heteroatoms. The van der Waals surface area contributed by atoms with Crippen molar-refractivity contribution in [1.29, 1.82) is 0 Å². The fourth-order valence-electron chi connectivity index (χ4n) is 3.07. The number of aliphatic carboxylic acids is 1. The van der Waals surface area contributed by atoms with E-state index < -0.39 is 11.4 Å². The highest BCUT2D eigenvalue weighted by Crippen LogP contribution is 2.31. The maximum atomic E-state index is 11.3. The maximum Gasteiger partial charge on any atom is 0.310 e. The Hall–Kier alpha value is -1.84. The first kappa shape index (κ1) is 16.0. The van der Waals surface area contributed by atoms with Crippen LogP contribution in [-0.2, 0) is 11.3 Å². The molecule has 1 unspecified atom stereocenters. The number of halogens is 1. The first-order chi connectivity index (χ1) is 11.0. The molecule has 1 N–H and O–H groups in total. The minimum absolute atomic E-state index is 0.608. The van der Waals surface area contributed by atoms with Crippen molar-refractivity contribution < 1.29 is 9.90 Å². The lowest BCUT2D eigenvalue weighted by Crippen LogP contribution is -2.31. The quantitative estimate of drug-likeness (QED) is 0.909. The van der Waals surface area contributed by atoms with E-state index in [4.69, 9.17) is 11.6 Å². The van der Waals surface area contributed by atoms with Gasteiger partial charge in [0, 0.05) is 18.1 Å². The number of carboxylic acids is 1. The van der Waals surface area contributed by atoms with Crippen LogP contribution in [0.1, 0.15) is 18.9 Å². The highest BCUT2D eigenvalue weighted by Gasteiger charge is 2.40. The minimum atomic E-state index is -0.696. The summed E-state index contributed by atoms with van der Waals surface area (Å²) in [6, 6.07) is 16.2. The summed E-state index contributed by atoms with van der Waals surface area (Å²) in [5.41, 5.74) is 2.89. The molecule has 3 nitrogen and oxygen atoms in total. The molecule has 0 spiro atoms. The Balaban J connectivity index is 1.67. The molecule has 0 saturated carbocycles. The average Bonchev–Trinajstić information content (AvgIpc) is 2.92. The predicted molar refractivity (Wildman–Crippen MR) is 92.5 cm³/mol. The van der Waals surface area contributed by atoms with Crippen LogP contribution in [0, 0.1) is 5.41 Å². The molecule has 2 aromatic rings. The first-order valence-corrected chi connectivity index (χ1v) is 8.15. The summed E-state index contributed by atoms with van der Waals surface area (Å²) < 4.78 is 0. The van der Waals surface area contributed by atoms with Gasteiger partial charge in [-0.15, -0.1) is 0 Å². The molecule has 0 aromatic heterocycles. The normalized spacial score (nSPS) is 21.5. The van der Waals surface area contributed by atoms with Crippen molar-refractivity contribution >= 4 is 17.6 Å². The van der Waals surface area contributed by atoms with E-state index >= 15 is 0 Å². The Morgan fingerprint density at radius 3 is 2.22 bits per heavy atom. The van der Waals surface area contributed by atoms with Crippen molar-refractivity contribution in [2.45, 2.75) is 19.9 Å². The Morgan fingerprint density at radius 2 is 1.70 bits per heavy atom. The van der Waals surface area contributed by atoms with Crippen molar-refractivity contribution in [3.05, 3.63) is 59.1 Å². The Bertz CT molecular complexity index is 696. The van der Waals surface area contributed by atoms with Gasteiger partial charge in [0.05, 0.1) is 5.41 Å². The highest BCUT2D eigenvalue weighted by atomic mass is 35.5. The van der Waals surface area contributed by atoms with Crippen molar-refractivity contribution in [3.63, 3.8) is 0 Å². The average molecular weight is 330 g/mol. The number of rotatable bonds is 4. The monoisotopic (exact) mass is 329 g/mol. The molecule has 1 aliphatic heterocycles. The number of carboxylic acid groups (broad SMARTS) is 1. The lowest BCUT2D eigenvalue weighted by Gasteiger charge is -2.20.